The number of nitrogens with one attached hydrogen (secondary N) is 1. The van der Waals surface area contributed by atoms with E-state index in [4.69, 9.17) is 21.1 Å². The molecule has 3 aromatic rings. The van der Waals surface area contributed by atoms with Crippen molar-refractivity contribution in [3.8, 4) is 11.5 Å². The largest absolute Gasteiger partial charge is 0.497 e. The molecule has 0 bridgehead atoms. The maximum Gasteiger partial charge on any atom is 0.336 e. The molecule has 0 aliphatic carbocycles. The van der Waals surface area contributed by atoms with Crippen LogP contribution in [0, 0.1) is 0 Å². The molecule has 1 saturated heterocycles. The molecule has 37 heavy (non-hydrogen) atoms. The molecular formula is C28H24ClN3O5. The van der Waals surface area contributed by atoms with Gasteiger partial charge in [0.25, 0.3) is 11.8 Å². The van der Waals surface area contributed by atoms with Gasteiger partial charge in [-0.3, -0.25) is 14.9 Å². The zero-order valence-electron chi connectivity index (χ0n) is 20.3. The number of amides is 4. The van der Waals surface area contributed by atoms with Crippen LogP contribution in [0.2, 0.25) is 5.02 Å². The molecule has 188 valence electrons. The van der Waals surface area contributed by atoms with Crippen molar-refractivity contribution in [1.82, 2.24) is 5.32 Å². The molecule has 2 aliphatic rings. The first-order valence-electron chi connectivity index (χ1n) is 11.6. The van der Waals surface area contributed by atoms with Crippen molar-refractivity contribution in [3.05, 3.63) is 87.9 Å². The van der Waals surface area contributed by atoms with Gasteiger partial charge < -0.3 is 14.4 Å². The second kappa shape index (κ2) is 9.99. The quantitative estimate of drug-likeness (QED) is 0.380. The molecule has 2 heterocycles. The molecule has 1 N–H and O–H groups in total. The van der Waals surface area contributed by atoms with Gasteiger partial charge in [0.05, 0.1) is 19.9 Å². The van der Waals surface area contributed by atoms with E-state index in [1.807, 2.05) is 42.5 Å². The SMILES string of the molecule is COc1ccc(OC)c(N2C(=O)NC(=O)C(=Cc3ccc4c(c3)CCN4Cc3ccccc3Cl)C2=O)c1. The van der Waals surface area contributed by atoms with Crippen molar-refractivity contribution in [3.63, 3.8) is 0 Å². The third-order valence-electron chi connectivity index (χ3n) is 6.45. The van der Waals surface area contributed by atoms with Crippen LogP contribution in [-0.4, -0.2) is 38.6 Å². The monoisotopic (exact) mass is 517 g/mol. The fraction of sp³-hybridized carbons (Fsp3) is 0.179. The van der Waals surface area contributed by atoms with Gasteiger partial charge >= 0.3 is 6.03 Å². The number of anilines is 2. The van der Waals surface area contributed by atoms with E-state index in [1.54, 1.807) is 12.1 Å². The average Bonchev–Trinajstić information content (AvgIpc) is 3.29. The molecule has 0 aromatic heterocycles. The Morgan fingerprint density at radius 1 is 0.973 bits per heavy atom. The van der Waals surface area contributed by atoms with E-state index in [-0.39, 0.29) is 17.0 Å². The third kappa shape index (κ3) is 4.63. The van der Waals surface area contributed by atoms with Gasteiger partial charge in [-0.05, 0) is 59.5 Å². The maximum atomic E-state index is 13.4. The number of halogens is 1. The summed E-state index contributed by atoms with van der Waals surface area (Å²) in [6, 6.07) is 17.4. The van der Waals surface area contributed by atoms with E-state index >= 15 is 0 Å². The van der Waals surface area contributed by atoms with Crippen LogP contribution in [0.3, 0.4) is 0 Å². The summed E-state index contributed by atoms with van der Waals surface area (Å²) in [7, 11) is 2.90. The summed E-state index contributed by atoms with van der Waals surface area (Å²) in [5, 5.41) is 2.98. The first-order chi connectivity index (χ1) is 17.9. The summed E-state index contributed by atoms with van der Waals surface area (Å²) in [6.45, 7) is 1.52. The standard InChI is InChI=1S/C28H24ClN3O5/c1-36-20-8-10-25(37-2)24(15-20)32-27(34)21(26(33)30-28(32)35)14-17-7-9-23-18(13-17)11-12-31(23)16-19-5-3-4-6-22(19)29/h3-10,13-15H,11-12,16H2,1-2H3,(H,30,33,35). The van der Waals surface area contributed by atoms with Gasteiger partial charge in [-0.25, -0.2) is 9.69 Å². The molecule has 0 unspecified atom stereocenters. The third-order valence-corrected chi connectivity index (χ3v) is 6.82. The lowest BCUT2D eigenvalue weighted by atomic mass is 10.0. The molecule has 1 fully saturated rings. The fourth-order valence-corrected chi connectivity index (χ4v) is 4.79. The Kier molecular flexibility index (Phi) is 6.58. The number of carbonyl (C=O) groups excluding carboxylic acids is 3. The van der Waals surface area contributed by atoms with Crippen molar-refractivity contribution < 1.29 is 23.9 Å². The number of barbiturate groups is 1. The Balaban J connectivity index is 1.44. The Labute approximate surface area is 219 Å². The van der Waals surface area contributed by atoms with Gasteiger partial charge in [0.1, 0.15) is 17.1 Å². The molecule has 4 amide bonds. The minimum absolute atomic E-state index is 0.157. The number of methoxy groups -OCH3 is 2. The summed E-state index contributed by atoms with van der Waals surface area (Å²) < 4.78 is 10.6. The van der Waals surface area contributed by atoms with Gasteiger partial charge in [0.2, 0.25) is 0 Å². The second-order valence-corrected chi connectivity index (χ2v) is 9.05. The van der Waals surface area contributed by atoms with Crippen LogP contribution in [0.5, 0.6) is 11.5 Å². The van der Waals surface area contributed by atoms with Gasteiger partial charge in [-0.2, -0.15) is 0 Å². The highest BCUT2D eigenvalue weighted by atomic mass is 35.5. The topological polar surface area (TPSA) is 88.2 Å². The predicted octanol–water partition coefficient (Wildman–Crippen LogP) is 4.59. The zero-order chi connectivity index (χ0) is 26.1. The van der Waals surface area contributed by atoms with Gasteiger partial charge in [0.15, 0.2) is 0 Å². The summed E-state index contributed by atoms with van der Waals surface area (Å²) in [4.78, 5) is 41.9. The lowest BCUT2D eigenvalue weighted by Crippen LogP contribution is -2.54. The number of urea groups is 1. The van der Waals surface area contributed by atoms with E-state index in [0.29, 0.717) is 17.9 Å². The molecule has 0 spiro atoms. The van der Waals surface area contributed by atoms with Gasteiger partial charge in [-0.15, -0.1) is 0 Å². The van der Waals surface area contributed by atoms with Gasteiger partial charge in [0, 0.05) is 29.9 Å². The number of imide groups is 2. The van der Waals surface area contributed by atoms with Crippen LogP contribution in [0.4, 0.5) is 16.2 Å². The van der Waals surface area contributed by atoms with Gasteiger partial charge in [-0.1, -0.05) is 35.9 Å². The Morgan fingerprint density at radius 3 is 2.54 bits per heavy atom. The van der Waals surface area contributed by atoms with Crippen molar-refractivity contribution >= 4 is 46.9 Å². The molecule has 0 saturated carbocycles. The molecule has 3 aromatic carbocycles. The summed E-state index contributed by atoms with van der Waals surface area (Å²) in [5.41, 5.74) is 3.93. The van der Waals surface area contributed by atoms with Crippen LogP contribution in [0.25, 0.3) is 6.08 Å². The minimum atomic E-state index is -0.858. The Morgan fingerprint density at radius 2 is 1.78 bits per heavy atom. The normalized spacial score (nSPS) is 16.2. The van der Waals surface area contributed by atoms with Crippen LogP contribution in [0.1, 0.15) is 16.7 Å². The van der Waals surface area contributed by atoms with Crippen LogP contribution >= 0.6 is 11.6 Å². The van der Waals surface area contributed by atoms with E-state index < -0.39 is 17.8 Å². The lowest BCUT2D eigenvalue weighted by molar-refractivity contribution is -0.122. The summed E-state index contributed by atoms with van der Waals surface area (Å²) in [5.74, 6) is -0.789. The molecule has 2 aliphatic heterocycles. The number of rotatable bonds is 6. The predicted molar refractivity (Wildman–Crippen MR) is 141 cm³/mol. The number of hydrogen-bond acceptors (Lipinski definition) is 6. The van der Waals surface area contributed by atoms with Crippen LogP contribution in [-0.2, 0) is 22.6 Å². The zero-order valence-corrected chi connectivity index (χ0v) is 21.0. The van der Waals surface area contributed by atoms with Crippen molar-refractivity contribution in [2.75, 3.05) is 30.6 Å². The minimum Gasteiger partial charge on any atom is -0.497 e. The molecule has 0 radical (unpaired) electrons. The number of nitrogens with zero attached hydrogens (tertiary/aromatic N) is 2. The van der Waals surface area contributed by atoms with E-state index in [1.165, 1.54) is 26.4 Å². The average molecular weight is 518 g/mol. The number of fused-ring (bicyclic) bond motifs is 1. The molecule has 0 atom stereocenters. The number of benzene rings is 3. The van der Waals surface area contributed by atoms with E-state index in [2.05, 4.69) is 10.2 Å². The molecule has 8 nitrogen and oxygen atoms in total. The lowest BCUT2D eigenvalue weighted by Gasteiger charge is -2.27. The van der Waals surface area contributed by atoms with E-state index in [0.717, 1.165) is 39.7 Å². The highest BCUT2D eigenvalue weighted by molar-refractivity contribution is 6.39. The molecule has 5 rings (SSSR count). The number of carbonyl (C=O) groups is 3. The Bertz CT molecular complexity index is 1450. The second-order valence-electron chi connectivity index (χ2n) is 8.65. The van der Waals surface area contributed by atoms with Crippen molar-refractivity contribution in [1.29, 1.82) is 0 Å². The van der Waals surface area contributed by atoms with Crippen molar-refractivity contribution in [2.24, 2.45) is 0 Å². The summed E-state index contributed by atoms with van der Waals surface area (Å²) >= 11 is 6.35. The number of ether oxygens (including phenoxy) is 2. The highest BCUT2D eigenvalue weighted by Crippen LogP contribution is 2.35. The number of hydrogen-bond donors (Lipinski definition) is 1. The van der Waals surface area contributed by atoms with E-state index in [9.17, 15) is 14.4 Å². The summed E-state index contributed by atoms with van der Waals surface area (Å²) in [6.07, 6.45) is 2.32. The maximum absolute atomic E-state index is 13.4. The fourth-order valence-electron chi connectivity index (χ4n) is 4.59. The first kappa shape index (κ1) is 24.4. The molecule has 9 heteroatoms. The van der Waals surface area contributed by atoms with Crippen LogP contribution in [0.15, 0.2) is 66.2 Å². The van der Waals surface area contributed by atoms with Crippen molar-refractivity contribution in [2.45, 2.75) is 13.0 Å². The van der Waals surface area contributed by atoms with Crippen LogP contribution < -0.4 is 24.6 Å². The first-order valence-corrected chi connectivity index (χ1v) is 12.0. The smallest absolute Gasteiger partial charge is 0.336 e. The molecular weight excluding hydrogens is 494 g/mol. The Hall–Kier alpha value is -4.30. The highest BCUT2D eigenvalue weighted by Gasteiger charge is 2.38.